The van der Waals surface area contributed by atoms with Gasteiger partial charge in [0.25, 0.3) is 5.91 Å². The first-order valence-corrected chi connectivity index (χ1v) is 12.1. The van der Waals surface area contributed by atoms with E-state index in [0.29, 0.717) is 45.1 Å². The van der Waals surface area contributed by atoms with E-state index in [0.717, 1.165) is 12.2 Å². The Morgan fingerprint density at radius 1 is 1.34 bits per heavy atom. The summed E-state index contributed by atoms with van der Waals surface area (Å²) in [5.41, 5.74) is 0.218. The van der Waals surface area contributed by atoms with Gasteiger partial charge in [-0.1, -0.05) is 6.07 Å². The van der Waals surface area contributed by atoms with E-state index in [-0.39, 0.29) is 5.91 Å². The third kappa shape index (κ3) is 4.96. The number of ether oxygens (including phenoxy) is 1. The number of rotatable bonds is 6. The van der Waals surface area contributed by atoms with Gasteiger partial charge in [-0.2, -0.15) is 4.31 Å². The van der Waals surface area contributed by atoms with Gasteiger partial charge < -0.3 is 9.64 Å². The third-order valence-corrected chi connectivity index (χ3v) is 7.32. The Bertz CT molecular complexity index is 845. The predicted octanol–water partition coefficient (Wildman–Crippen LogP) is 0.555. The van der Waals surface area contributed by atoms with E-state index < -0.39 is 21.7 Å². The van der Waals surface area contributed by atoms with Crippen LogP contribution in [-0.4, -0.2) is 91.1 Å². The number of hydrogen-bond donors (Lipinski definition) is 0. The molecule has 9 heteroatoms. The zero-order valence-corrected chi connectivity index (χ0v) is 18.0. The van der Waals surface area contributed by atoms with E-state index in [1.54, 1.807) is 18.1 Å². The van der Waals surface area contributed by atoms with Gasteiger partial charge in [0.2, 0.25) is 10.0 Å². The quantitative estimate of drug-likeness (QED) is 0.666. The number of likely N-dealkylation sites (N-methyl/N-ethyl adjacent to an activating group) is 1. The molecule has 0 bridgehead atoms. The highest BCUT2D eigenvalue weighted by Gasteiger charge is 2.50. The van der Waals surface area contributed by atoms with Crippen LogP contribution in [0.1, 0.15) is 25.0 Å². The number of amides is 1. The summed E-state index contributed by atoms with van der Waals surface area (Å²) in [5.74, 6) is 0.618. The summed E-state index contributed by atoms with van der Waals surface area (Å²) in [6.07, 6.45) is 5.45. The van der Waals surface area contributed by atoms with E-state index in [1.807, 2.05) is 18.2 Å². The molecule has 3 heterocycles. The second-order valence-electron chi connectivity index (χ2n) is 8.79. The fraction of sp³-hybridized carbons (Fsp3) is 0.700. The van der Waals surface area contributed by atoms with Crippen molar-refractivity contribution in [2.24, 2.45) is 5.92 Å². The Morgan fingerprint density at radius 3 is 2.76 bits per heavy atom. The number of nitrogens with zero attached hydrogens (tertiary/aromatic N) is 4. The molecule has 0 aromatic carbocycles. The molecule has 8 nitrogen and oxygen atoms in total. The average Bonchev–Trinajstić information content (AvgIpc) is 3.39. The predicted molar refractivity (Wildman–Crippen MR) is 109 cm³/mol. The smallest absolute Gasteiger partial charge is 0.253 e. The molecule has 1 spiro atoms. The van der Waals surface area contributed by atoms with Crippen LogP contribution in [0.4, 0.5) is 0 Å². The highest BCUT2D eigenvalue weighted by atomic mass is 32.2. The Balaban J connectivity index is 1.48. The summed E-state index contributed by atoms with van der Waals surface area (Å²) >= 11 is 0. The van der Waals surface area contributed by atoms with Crippen molar-refractivity contribution in [1.82, 2.24) is 19.1 Å². The Labute approximate surface area is 172 Å². The average molecular weight is 423 g/mol. The maximum Gasteiger partial charge on any atom is 0.253 e. The first-order valence-electron chi connectivity index (χ1n) is 10.2. The minimum atomic E-state index is -3.27. The number of hydrogen-bond acceptors (Lipinski definition) is 6. The molecule has 0 radical (unpaired) electrons. The second-order valence-corrected chi connectivity index (χ2v) is 10.8. The number of carbonyl (C=O) groups excluding carboxylic acids is 1. The molecule has 160 valence electrons. The van der Waals surface area contributed by atoms with E-state index in [1.165, 1.54) is 23.4 Å². The van der Waals surface area contributed by atoms with Crippen LogP contribution >= 0.6 is 0 Å². The fourth-order valence-corrected chi connectivity index (χ4v) is 5.28. The SMILES string of the molecule is CN(Cc1ccccn1)C(=O)[C@H]1CN(CC2CC2)C[C@]2(CCN(S(C)(=O)=O)C2)O1. The lowest BCUT2D eigenvalue weighted by Gasteiger charge is -2.44. The minimum Gasteiger partial charge on any atom is -0.358 e. The topological polar surface area (TPSA) is 83.1 Å². The van der Waals surface area contributed by atoms with Crippen molar-refractivity contribution in [3.8, 4) is 0 Å². The summed E-state index contributed by atoms with van der Waals surface area (Å²) in [6.45, 7) is 3.38. The lowest BCUT2D eigenvalue weighted by atomic mass is 9.98. The zero-order valence-electron chi connectivity index (χ0n) is 17.2. The molecule has 1 aromatic heterocycles. The van der Waals surface area contributed by atoms with Crippen LogP contribution in [0.3, 0.4) is 0 Å². The highest BCUT2D eigenvalue weighted by molar-refractivity contribution is 7.88. The Hall–Kier alpha value is -1.55. The number of aromatic nitrogens is 1. The molecular formula is C20H30N4O4S. The summed E-state index contributed by atoms with van der Waals surface area (Å²) in [4.78, 5) is 21.4. The molecule has 0 N–H and O–H groups in total. The lowest BCUT2D eigenvalue weighted by Crippen LogP contribution is -2.60. The highest BCUT2D eigenvalue weighted by Crippen LogP contribution is 2.36. The van der Waals surface area contributed by atoms with Crippen LogP contribution in [0.2, 0.25) is 0 Å². The van der Waals surface area contributed by atoms with Gasteiger partial charge in [0.05, 0.1) is 24.1 Å². The maximum absolute atomic E-state index is 13.2. The van der Waals surface area contributed by atoms with Crippen molar-refractivity contribution in [1.29, 1.82) is 0 Å². The van der Waals surface area contributed by atoms with Crippen molar-refractivity contribution >= 4 is 15.9 Å². The molecule has 3 fully saturated rings. The Kier molecular flexibility index (Phi) is 5.67. The molecule has 2 atom stereocenters. The van der Waals surface area contributed by atoms with Crippen LogP contribution in [0, 0.1) is 5.92 Å². The van der Waals surface area contributed by atoms with Gasteiger partial charge in [0, 0.05) is 46.0 Å². The largest absolute Gasteiger partial charge is 0.358 e. The van der Waals surface area contributed by atoms with Gasteiger partial charge in [0.1, 0.15) is 6.10 Å². The molecule has 1 aromatic rings. The number of carbonyl (C=O) groups is 1. The van der Waals surface area contributed by atoms with Crippen LogP contribution in [-0.2, 0) is 26.1 Å². The summed E-state index contributed by atoms with van der Waals surface area (Å²) in [5, 5.41) is 0. The van der Waals surface area contributed by atoms with Crippen LogP contribution < -0.4 is 0 Å². The molecule has 2 saturated heterocycles. The molecular weight excluding hydrogens is 392 g/mol. The van der Waals surface area contributed by atoms with E-state index in [2.05, 4.69) is 9.88 Å². The van der Waals surface area contributed by atoms with Crippen molar-refractivity contribution in [2.45, 2.75) is 37.5 Å². The number of sulfonamides is 1. The number of morpholine rings is 1. The third-order valence-electron chi connectivity index (χ3n) is 6.07. The van der Waals surface area contributed by atoms with E-state index in [9.17, 15) is 13.2 Å². The van der Waals surface area contributed by atoms with Crippen LogP contribution in [0.25, 0.3) is 0 Å². The van der Waals surface area contributed by atoms with E-state index >= 15 is 0 Å². The van der Waals surface area contributed by atoms with Gasteiger partial charge in [0.15, 0.2) is 0 Å². The summed E-state index contributed by atoms with van der Waals surface area (Å²) in [6, 6.07) is 5.65. The first kappa shape index (κ1) is 20.7. The van der Waals surface area contributed by atoms with Crippen LogP contribution in [0.15, 0.2) is 24.4 Å². The monoisotopic (exact) mass is 422 g/mol. The van der Waals surface area contributed by atoms with Crippen molar-refractivity contribution in [2.75, 3.05) is 46.0 Å². The molecule has 1 amide bonds. The van der Waals surface area contributed by atoms with Gasteiger partial charge in [-0.05, 0) is 37.3 Å². The normalized spacial score (nSPS) is 28.7. The first-order chi connectivity index (χ1) is 13.7. The Morgan fingerprint density at radius 2 is 2.14 bits per heavy atom. The molecule has 1 aliphatic carbocycles. The van der Waals surface area contributed by atoms with Crippen molar-refractivity contribution in [3.05, 3.63) is 30.1 Å². The number of pyridine rings is 1. The standard InChI is InChI=1S/C20H30N4O4S/c1-22(12-17-5-3-4-9-21-17)19(25)18-13-23(11-16-6-7-16)14-20(28-18)8-10-24(15-20)29(2,26)27/h3-5,9,16,18H,6-8,10-15H2,1-2H3/t18-,20+/m1/s1. The second kappa shape index (κ2) is 7.94. The summed E-state index contributed by atoms with van der Waals surface area (Å²) in [7, 11) is -1.50. The molecule has 0 unspecified atom stereocenters. The van der Waals surface area contributed by atoms with Crippen LogP contribution in [0.5, 0.6) is 0 Å². The van der Waals surface area contributed by atoms with Crippen molar-refractivity contribution < 1.29 is 17.9 Å². The molecule has 3 aliphatic rings. The summed E-state index contributed by atoms with van der Waals surface area (Å²) < 4.78 is 31.9. The minimum absolute atomic E-state index is 0.0756. The van der Waals surface area contributed by atoms with Gasteiger partial charge in [-0.25, -0.2) is 8.42 Å². The molecule has 4 rings (SSSR count). The zero-order chi connectivity index (χ0) is 20.6. The van der Waals surface area contributed by atoms with Gasteiger partial charge in [-0.3, -0.25) is 14.7 Å². The molecule has 1 saturated carbocycles. The van der Waals surface area contributed by atoms with Gasteiger partial charge in [-0.15, -0.1) is 0 Å². The van der Waals surface area contributed by atoms with Crippen molar-refractivity contribution in [3.63, 3.8) is 0 Å². The lowest BCUT2D eigenvalue weighted by molar-refractivity contribution is -0.176. The van der Waals surface area contributed by atoms with E-state index in [4.69, 9.17) is 4.74 Å². The maximum atomic E-state index is 13.2. The molecule has 2 aliphatic heterocycles. The fourth-order valence-electron chi connectivity index (χ4n) is 4.39. The van der Waals surface area contributed by atoms with Gasteiger partial charge >= 0.3 is 0 Å². The molecule has 29 heavy (non-hydrogen) atoms.